The van der Waals surface area contributed by atoms with Crippen LogP contribution in [-0.2, 0) is 14.6 Å². The number of halogens is 1. The molecule has 0 spiro atoms. The molecule has 1 amide bonds. The summed E-state index contributed by atoms with van der Waals surface area (Å²) in [5, 5.41) is -0.0219. The number of likely N-dealkylation sites (tertiary alicyclic amines) is 1. The van der Waals surface area contributed by atoms with E-state index >= 15 is 0 Å². The summed E-state index contributed by atoms with van der Waals surface area (Å²) in [4.78, 5) is 14.6. The Labute approximate surface area is 152 Å². The first-order chi connectivity index (χ1) is 11.9. The molecular weight excluding hydrogens is 364 g/mol. The highest BCUT2D eigenvalue weighted by molar-refractivity contribution is 7.92. The molecule has 0 bridgehead atoms. The van der Waals surface area contributed by atoms with E-state index in [1.54, 1.807) is 17.0 Å². The molecule has 136 valence electrons. The van der Waals surface area contributed by atoms with Gasteiger partial charge in [0, 0.05) is 36.1 Å². The van der Waals surface area contributed by atoms with E-state index < -0.39 is 15.1 Å². The molecule has 3 fully saturated rings. The van der Waals surface area contributed by atoms with Crippen LogP contribution in [0.5, 0.6) is 0 Å². The Morgan fingerprint density at radius 3 is 2.48 bits per heavy atom. The summed E-state index contributed by atoms with van der Waals surface area (Å²) < 4.78 is 25.2. The zero-order valence-electron chi connectivity index (χ0n) is 13.6. The van der Waals surface area contributed by atoms with E-state index in [9.17, 15) is 13.2 Å². The van der Waals surface area contributed by atoms with Crippen molar-refractivity contribution in [1.82, 2.24) is 21.3 Å². The topological polar surface area (TPSA) is 90.5 Å². The van der Waals surface area contributed by atoms with Crippen LogP contribution in [-0.4, -0.2) is 49.6 Å². The highest BCUT2D eigenvalue weighted by Gasteiger charge is 2.44. The van der Waals surface area contributed by atoms with Crippen LogP contribution in [0.15, 0.2) is 29.2 Å². The van der Waals surface area contributed by atoms with Gasteiger partial charge in [-0.25, -0.2) is 19.3 Å². The second-order valence-corrected chi connectivity index (χ2v) is 9.67. The number of benzene rings is 1. The van der Waals surface area contributed by atoms with E-state index in [4.69, 9.17) is 11.6 Å². The highest BCUT2D eigenvalue weighted by atomic mass is 35.5. The summed E-state index contributed by atoms with van der Waals surface area (Å²) >= 11 is 5.82. The van der Waals surface area contributed by atoms with Crippen molar-refractivity contribution in [3.05, 3.63) is 29.3 Å². The Morgan fingerprint density at radius 1 is 1.08 bits per heavy atom. The van der Waals surface area contributed by atoms with Crippen LogP contribution < -0.4 is 16.4 Å². The summed E-state index contributed by atoms with van der Waals surface area (Å²) in [7, 11) is -3.42. The fraction of sp³-hybridized carbons (Fsp3) is 0.562. The number of hydrogen-bond acceptors (Lipinski definition) is 6. The molecule has 9 heteroatoms. The molecule has 3 unspecified atom stereocenters. The number of sulfone groups is 1. The highest BCUT2D eigenvalue weighted by Crippen LogP contribution is 2.31. The monoisotopic (exact) mass is 384 g/mol. The van der Waals surface area contributed by atoms with Gasteiger partial charge in [0.2, 0.25) is 5.91 Å². The van der Waals surface area contributed by atoms with Crippen molar-refractivity contribution in [1.29, 1.82) is 0 Å². The van der Waals surface area contributed by atoms with E-state index in [1.807, 2.05) is 0 Å². The van der Waals surface area contributed by atoms with E-state index in [2.05, 4.69) is 16.4 Å². The predicted octanol–water partition coefficient (Wildman–Crippen LogP) is 0.474. The van der Waals surface area contributed by atoms with Gasteiger partial charge in [-0.3, -0.25) is 4.79 Å². The predicted molar refractivity (Wildman–Crippen MR) is 93.3 cm³/mol. The first kappa shape index (κ1) is 17.2. The first-order valence-corrected chi connectivity index (χ1v) is 10.4. The smallest absolute Gasteiger partial charge is 0.225 e. The molecule has 7 nitrogen and oxygen atoms in total. The van der Waals surface area contributed by atoms with Crippen LogP contribution in [0, 0.1) is 5.92 Å². The van der Waals surface area contributed by atoms with Gasteiger partial charge in [-0.2, -0.15) is 5.53 Å². The lowest BCUT2D eigenvalue weighted by Crippen LogP contribution is -2.59. The van der Waals surface area contributed by atoms with Crippen LogP contribution >= 0.6 is 11.6 Å². The Morgan fingerprint density at radius 2 is 1.76 bits per heavy atom. The molecule has 1 saturated carbocycles. The Balaban J connectivity index is 1.36. The standard InChI is InChI=1S/C16H21ClN4O3S/c17-11-2-4-12(5-3-11)25(23,24)13-8-21(9-13)16(22)10-1-6-14-15(7-10)19-20-18-14/h2-5,10,13-15,18-20H,1,6-9H2. The summed E-state index contributed by atoms with van der Waals surface area (Å²) in [6, 6.07) is 6.80. The van der Waals surface area contributed by atoms with Crippen LogP contribution in [0.25, 0.3) is 0 Å². The van der Waals surface area contributed by atoms with Crippen molar-refractivity contribution in [2.24, 2.45) is 5.92 Å². The van der Waals surface area contributed by atoms with Crippen LogP contribution in [0.2, 0.25) is 5.02 Å². The van der Waals surface area contributed by atoms with Gasteiger partial charge < -0.3 is 4.90 Å². The van der Waals surface area contributed by atoms with Gasteiger partial charge in [-0.1, -0.05) is 11.6 Å². The van der Waals surface area contributed by atoms with E-state index in [1.165, 1.54) is 12.1 Å². The third kappa shape index (κ3) is 3.17. The van der Waals surface area contributed by atoms with Crippen molar-refractivity contribution >= 4 is 27.3 Å². The van der Waals surface area contributed by atoms with Crippen molar-refractivity contribution in [3.63, 3.8) is 0 Å². The fourth-order valence-corrected chi connectivity index (χ4v) is 5.62. The van der Waals surface area contributed by atoms with Crippen molar-refractivity contribution in [2.45, 2.75) is 41.5 Å². The minimum Gasteiger partial charge on any atom is -0.340 e. The molecule has 3 atom stereocenters. The largest absolute Gasteiger partial charge is 0.340 e. The molecule has 25 heavy (non-hydrogen) atoms. The number of fused-ring (bicyclic) bond motifs is 1. The van der Waals surface area contributed by atoms with Gasteiger partial charge in [0.1, 0.15) is 5.25 Å². The average Bonchev–Trinajstić information content (AvgIpc) is 3.01. The van der Waals surface area contributed by atoms with Gasteiger partial charge >= 0.3 is 0 Å². The Bertz CT molecular complexity index is 764. The zero-order chi connectivity index (χ0) is 17.6. The molecular formula is C16H21ClN4O3S. The molecule has 3 aliphatic rings. The number of amides is 1. The van der Waals surface area contributed by atoms with E-state index in [0.29, 0.717) is 11.1 Å². The van der Waals surface area contributed by atoms with Gasteiger partial charge in [0.05, 0.1) is 4.90 Å². The maximum atomic E-state index is 12.7. The normalized spacial score (nSPS) is 30.0. The van der Waals surface area contributed by atoms with Gasteiger partial charge in [-0.15, -0.1) is 0 Å². The van der Waals surface area contributed by atoms with Crippen molar-refractivity contribution in [3.8, 4) is 0 Å². The number of rotatable bonds is 3. The lowest BCUT2D eigenvalue weighted by molar-refractivity contribution is -0.140. The number of carbonyl (C=O) groups is 1. The molecule has 1 aromatic carbocycles. The molecule has 1 aromatic rings. The minimum atomic E-state index is -3.42. The number of nitrogens with one attached hydrogen (secondary N) is 3. The second-order valence-electron chi connectivity index (χ2n) is 7.00. The molecule has 0 aromatic heterocycles. The lowest BCUT2D eigenvalue weighted by atomic mass is 9.82. The molecule has 2 saturated heterocycles. The lowest BCUT2D eigenvalue weighted by Gasteiger charge is -2.42. The average molecular weight is 385 g/mol. The van der Waals surface area contributed by atoms with E-state index in [-0.39, 0.29) is 35.9 Å². The molecule has 2 heterocycles. The summed E-state index contributed by atoms with van der Waals surface area (Å²) in [5.41, 5.74) is 9.20. The number of carbonyl (C=O) groups excluding carboxylic acids is 1. The SMILES string of the molecule is O=C(C1CCC2NNNC2C1)N1CC(S(=O)(=O)c2ccc(Cl)cc2)C1. The maximum absolute atomic E-state index is 12.7. The van der Waals surface area contributed by atoms with Crippen molar-refractivity contribution in [2.75, 3.05) is 13.1 Å². The fourth-order valence-electron chi connectivity index (χ4n) is 3.84. The zero-order valence-corrected chi connectivity index (χ0v) is 15.2. The summed E-state index contributed by atoms with van der Waals surface area (Å²) in [6.07, 6.45) is 2.54. The Hall–Kier alpha value is -1.19. The first-order valence-electron chi connectivity index (χ1n) is 8.49. The molecule has 3 N–H and O–H groups in total. The summed E-state index contributed by atoms with van der Waals surface area (Å²) in [5.74, 6) is 0.0457. The van der Waals surface area contributed by atoms with Crippen molar-refractivity contribution < 1.29 is 13.2 Å². The molecule has 1 aliphatic carbocycles. The quantitative estimate of drug-likeness (QED) is 0.702. The number of hydrogen-bond donors (Lipinski definition) is 3. The minimum absolute atomic E-state index is 0.0327. The molecule has 0 radical (unpaired) electrons. The number of nitrogens with zero attached hydrogens (tertiary/aromatic N) is 1. The van der Waals surface area contributed by atoms with Gasteiger partial charge in [0.25, 0.3) is 0 Å². The third-order valence-electron chi connectivity index (χ3n) is 5.46. The third-order valence-corrected chi connectivity index (χ3v) is 7.81. The summed E-state index contributed by atoms with van der Waals surface area (Å²) in [6.45, 7) is 0.552. The van der Waals surface area contributed by atoms with E-state index in [0.717, 1.165) is 19.3 Å². The van der Waals surface area contributed by atoms with Gasteiger partial charge in [-0.05, 0) is 43.5 Å². The Kier molecular flexibility index (Phi) is 4.49. The second kappa shape index (κ2) is 6.51. The van der Waals surface area contributed by atoms with Gasteiger partial charge in [0.15, 0.2) is 9.84 Å². The molecule has 4 rings (SSSR count). The maximum Gasteiger partial charge on any atom is 0.225 e. The molecule has 2 aliphatic heterocycles. The number of hydrazine groups is 2. The van der Waals surface area contributed by atoms with Crippen LogP contribution in [0.1, 0.15) is 19.3 Å². The van der Waals surface area contributed by atoms with Crippen LogP contribution in [0.4, 0.5) is 0 Å². The van der Waals surface area contributed by atoms with Crippen LogP contribution in [0.3, 0.4) is 0 Å².